The number of methoxy groups -OCH3 is 1. The molecule has 25 heavy (non-hydrogen) atoms. The Kier molecular flexibility index (Phi) is 4.09. The largest absolute Gasteiger partial charge is 0.497 e. The summed E-state index contributed by atoms with van der Waals surface area (Å²) in [6, 6.07) is 15.8. The van der Waals surface area contributed by atoms with Crippen molar-refractivity contribution in [3.8, 4) is 5.75 Å². The lowest BCUT2D eigenvalue weighted by Gasteiger charge is -2.25. The number of aromatic nitrogens is 3. The Morgan fingerprint density at radius 3 is 2.80 bits per heavy atom. The molecule has 1 atom stereocenters. The first-order valence-electron chi connectivity index (χ1n) is 8.48. The molecule has 1 aliphatic rings. The fraction of sp³-hybridized carbons (Fsp3) is 0.316. The van der Waals surface area contributed by atoms with E-state index in [-0.39, 0.29) is 18.5 Å². The van der Waals surface area contributed by atoms with E-state index < -0.39 is 0 Å². The highest BCUT2D eigenvalue weighted by atomic mass is 16.5. The average molecular weight is 336 g/mol. The fourth-order valence-electron chi connectivity index (χ4n) is 3.49. The Hall–Kier alpha value is -2.89. The monoisotopic (exact) mass is 336 g/mol. The van der Waals surface area contributed by atoms with E-state index in [1.54, 1.807) is 11.8 Å². The number of amides is 1. The van der Waals surface area contributed by atoms with E-state index in [0.29, 0.717) is 0 Å². The molecule has 3 aromatic rings. The van der Waals surface area contributed by atoms with Gasteiger partial charge in [0.15, 0.2) is 0 Å². The van der Waals surface area contributed by atoms with E-state index >= 15 is 0 Å². The molecular weight excluding hydrogens is 316 g/mol. The second kappa shape index (κ2) is 6.55. The molecule has 1 saturated heterocycles. The first-order chi connectivity index (χ1) is 12.3. The number of likely N-dealkylation sites (tertiary alicyclic amines) is 1. The zero-order valence-corrected chi connectivity index (χ0v) is 14.1. The van der Waals surface area contributed by atoms with Crippen LogP contribution in [0.25, 0.3) is 11.0 Å². The standard InChI is InChI=1S/C19H20N4O2/c1-25-15-10-8-14(9-11-15)17-7-4-12-22(17)19(24)13-23-18-6-3-2-5-16(18)20-21-23/h2-3,5-6,8-11,17H,4,7,12-13H2,1H3/t17-/m1/s1. The van der Waals surface area contributed by atoms with Gasteiger partial charge in [0, 0.05) is 6.54 Å². The third-order valence-electron chi connectivity index (χ3n) is 4.78. The van der Waals surface area contributed by atoms with Gasteiger partial charge in [0.2, 0.25) is 5.91 Å². The minimum Gasteiger partial charge on any atom is -0.497 e. The van der Waals surface area contributed by atoms with Crippen LogP contribution in [-0.4, -0.2) is 39.5 Å². The van der Waals surface area contributed by atoms with Crippen LogP contribution >= 0.6 is 0 Å². The van der Waals surface area contributed by atoms with E-state index in [4.69, 9.17) is 4.74 Å². The molecule has 1 fully saturated rings. The predicted octanol–water partition coefficient (Wildman–Crippen LogP) is 2.80. The number of rotatable bonds is 4. The third kappa shape index (κ3) is 2.95. The van der Waals surface area contributed by atoms with E-state index in [1.807, 2.05) is 53.4 Å². The van der Waals surface area contributed by atoms with Crippen LogP contribution in [0.1, 0.15) is 24.4 Å². The van der Waals surface area contributed by atoms with Crippen molar-refractivity contribution in [1.82, 2.24) is 19.9 Å². The summed E-state index contributed by atoms with van der Waals surface area (Å²) in [4.78, 5) is 14.8. The van der Waals surface area contributed by atoms with Gasteiger partial charge in [-0.2, -0.15) is 0 Å². The molecule has 1 amide bonds. The lowest BCUT2D eigenvalue weighted by molar-refractivity contribution is -0.132. The lowest BCUT2D eigenvalue weighted by atomic mass is 10.0. The summed E-state index contributed by atoms with van der Waals surface area (Å²) in [6.07, 6.45) is 2.00. The fourth-order valence-corrected chi connectivity index (χ4v) is 3.49. The maximum atomic E-state index is 12.9. The number of carbonyl (C=O) groups is 1. The first kappa shape index (κ1) is 15.6. The minimum atomic E-state index is 0.0778. The summed E-state index contributed by atoms with van der Waals surface area (Å²) in [5.74, 6) is 0.905. The summed E-state index contributed by atoms with van der Waals surface area (Å²) in [7, 11) is 1.66. The highest BCUT2D eigenvalue weighted by Crippen LogP contribution is 2.33. The zero-order chi connectivity index (χ0) is 17.2. The van der Waals surface area contributed by atoms with E-state index in [2.05, 4.69) is 10.3 Å². The molecule has 0 unspecified atom stereocenters. The molecule has 2 aromatic carbocycles. The summed E-state index contributed by atoms with van der Waals surface area (Å²) < 4.78 is 6.90. The summed E-state index contributed by atoms with van der Waals surface area (Å²) in [5, 5.41) is 8.25. The van der Waals surface area contributed by atoms with E-state index in [0.717, 1.165) is 41.7 Å². The smallest absolute Gasteiger partial charge is 0.244 e. The Morgan fingerprint density at radius 1 is 1.20 bits per heavy atom. The molecule has 0 N–H and O–H groups in total. The van der Waals surface area contributed by atoms with Crippen molar-refractivity contribution in [1.29, 1.82) is 0 Å². The van der Waals surface area contributed by atoms with Crippen molar-refractivity contribution < 1.29 is 9.53 Å². The van der Waals surface area contributed by atoms with E-state index in [1.165, 1.54) is 0 Å². The summed E-state index contributed by atoms with van der Waals surface area (Å²) in [5.41, 5.74) is 2.84. The molecule has 0 bridgehead atoms. The van der Waals surface area contributed by atoms with Crippen molar-refractivity contribution in [2.24, 2.45) is 0 Å². The van der Waals surface area contributed by atoms with Gasteiger partial charge >= 0.3 is 0 Å². The predicted molar refractivity (Wildman–Crippen MR) is 94.2 cm³/mol. The van der Waals surface area contributed by atoms with Crippen LogP contribution in [0.15, 0.2) is 48.5 Å². The highest BCUT2D eigenvalue weighted by molar-refractivity contribution is 5.80. The van der Waals surface area contributed by atoms with Crippen LogP contribution in [0, 0.1) is 0 Å². The number of nitrogens with zero attached hydrogens (tertiary/aromatic N) is 4. The van der Waals surface area contributed by atoms with Crippen LogP contribution < -0.4 is 4.74 Å². The van der Waals surface area contributed by atoms with Gasteiger partial charge in [0.05, 0.1) is 18.7 Å². The normalized spacial score (nSPS) is 17.2. The molecule has 2 heterocycles. The topological polar surface area (TPSA) is 60.2 Å². The second-order valence-electron chi connectivity index (χ2n) is 6.25. The zero-order valence-electron chi connectivity index (χ0n) is 14.1. The SMILES string of the molecule is COc1ccc([C@H]2CCCN2C(=O)Cn2nnc3ccccc32)cc1. The molecule has 0 saturated carbocycles. The van der Waals surface area contributed by atoms with Crippen LogP contribution in [0.3, 0.4) is 0 Å². The molecule has 4 rings (SSSR count). The Bertz CT molecular complexity index is 888. The van der Waals surface area contributed by atoms with Crippen molar-refractivity contribution in [3.63, 3.8) is 0 Å². The van der Waals surface area contributed by atoms with Crippen molar-refractivity contribution in [3.05, 3.63) is 54.1 Å². The molecule has 0 aliphatic carbocycles. The molecule has 0 spiro atoms. The molecule has 1 aliphatic heterocycles. The average Bonchev–Trinajstić information content (AvgIpc) is 3.29. The van der Waals surface area contributed by atoms with Gasteiger partial charge in [-0.1, -0.05) is 29.5 Å². The highest BCUT2D eigenvalue weighted by Gasteiger charge is 2.30. The van der Waals surface area contributed by atoms with Crippen LogP contribution in [0.5, 0.6) is 5.75 Å². The number of fused-ring (bicyclic) bond motifs is 1. The van der Waals surface area contributed by atoms with E-state index in [9.17, 15) is 4.79 Å². The molecule has 128 valence electrons. The molecular formula is C19H20N4O2. The Labute approximate surface area is 146 Å². The molecule has 6 nitrogen and oxygen atoms in total. The van der Waals surface area contributed by atoms with Gasteiger partial charge in [0.25, 0.3) is 0 Å². The number of carbonyl (C=O) groups excluding carboxylic acids is 1. The van der Waals surface area contributed by atoms with Crippen molar-refractivity contribution in [2.45, 2.75) is 25.4 Å². The summed E-state index contributed by atoms with van der Waals surface area (Å²) in [6.45, 7) is 0.995. The second-order valence-corrected chi connectivity index (χ2v) is 6.25. The number of hydrogen-bond acceptors (Lipinski definition) is 4. The third-order valence-corrected chi connectivity index (χ3v) is 4.78. The number of hydrogen-bond donors (Lipinski definition) is 0. The van der Waals surface area contributed by atoms with Gasteiger partial charge < -0.3 is 9.64 Å². The van der Waals surface area contributed by atoms with Crippen LogP contribution in [-0.2, 0) is 11.3 Å². The van der Waals surface area contributed by atoms with Gasteiger partial charge in [-0.3, -0.25) is 4.79 Å². The number of benzene rings is 2. The molecule has 1 aromatic heterocycles. The van der Waals surface area contributed by atoms with Gasteiger partial charge in [-0.25, -0.2) is 4.68 Å². The van der Waals surface area contributed by atoms with Crippen molar-refractivity contribution in [2.75, 3.05) is 13.7 Å². The van der Waals surface area contributed by atoms with Crippen LogP contribution in [0.2, 0.25) is 0 Å². The Balaban J connectivity index is 1.54. The molecule has 0 radical (unpaired) electrons. The van der Waals surface area contributed by atoms with Gasteiger partial charge in [0.1, 0.15) is 17.8 Å². The lowest BCUT2D eigenvalue weighted by Crippen LogP contribution is -2.33. The van der Waals surface area contributed by atoms with Crippen LogP contribution in [0.4, 0.5) is 0 Å². The van der Waals surface area contributed by atoms with Gasteiger partial charge in [-0.05, 0) is 42.7 Å². The quantitative estimate of drug-likeness (QED) is 0.735. The maximum Gasteiger partial charge on any atom is 0.244 e. The minimum absolute atomic E-state index is 0.0778. The first-order valence-corrected chi connectivity index (χ1v) is 8.48. The van der Waals surface area contributed by atoms with Gasteiger partial charge in [-0.15, -0.1) is 5.10 Å². The number of ether oxygens (including phenoxy) is 1. The number of para-hydroxylation sites is 1. The summed E-state index contributed by atoms with van der Waals surface area (Å²) >= 11 is 0. The Morgan fingerprint density at radius 2 is 2.00 bits per heavy atom. The maximum absolute atomic E-state index is 12.9. The van der Waals surface area contributed by atoms with Crippen molar-refractivity contribution >= 4 is 16.9 Å². The molecule has 6 heteroatoms.